The number of aryl methyl sites for hydroxylation is 1. The fourth-order valence-electron chi connectivity index (χ4n) is 2.92. The summed E-state index contributed by atoms with van der Waals surface area (Å²) in [4.78, 5) is 19.9. The topological polar surface area (TPSA) is 65.2 Å². The SMILES string of the molecule is Cc1cn(-c2ccc(C(=O)N(C)C3CCN(C#N)C3)cc2F)cn1. The number of nitrogens with zero attached hydrogens (tertiary/aromatic N) is 5. The van der Waals surface area contributed by atoms with Crippen molar-refractivity contribution >= 4 is 5.91 Å². The molecule has 24 heavy (non-hydrogen) atoms. The van der Waals surface area contributed by atoms with E-state index in [1.165, 1.54) is 12.4 Å². The summed E-state index contributed by atoms with van der Waals surface area (Å²) in [6.07, 6.45) is 6.09. The van der Waals surface area contributed by atoms with Crippen molar-refractivity contribution < 1.29 is 9.18 Å². The Morgan fingerprint density at radius 2 is 2.29 bits per heavy atom. The molecule has 1 aromatic heterocycles. The molecule has 6 nitrogen and oxygen atoms in total. The zero-order valence-electron chi connectivity index (χ0n) is 13.6. The summed E-state index contributed by atoms with van der Waals surface area (Å²) in [5, 5.41) is 8.91. The second-order valence-electron chi connectivity index (χ2n) is 5.99. The molecule has 0 spiro atoms. The molecular formula is C17H18FN5O. The number of halogens is 1. The predicted octanol–water partition coefficient (Wildman–Crippen LogP) is 1.95. The van der Waals surface area contributed by atoms with Crippen molar-refractivity contribution in [1.82, 2.24) is 19.4 Å². The minimum absolute atomic E-state index is 0.0313. The number of carbonyl (C=O) groups excluding carboxylic acids is 1. The summed E-state index contributed by atoms with van der Waals surface area (Å²) >= 11 is 0. The van der Waals surface area contributed by atoms with Crippen LogP contribution >= 0.6 is 0 Å². The van der Waals surface area contributed by atoms with Gasteiger partial charge in [-0.3, -0.25) is 4.79 Å². The number of hydrogen-bond donors (Lipinski definition) is 0. The number of benzene rings is 1. The first kappa shape index (κ1) is 16.0. The third-order valence-electron chi connectivity index (χ3n) is 4.36. The van der Waals surface area contributed by atoms with E-state index in [-0.39, 0.29) is 11.9 Å². The molecule has 1 fully saturated rings. The highest BCUT2D eigenvalue weighted by atomic mass is 19.1. The average Bonchev–Trinajstić information content (AvgIpc) is 3.22. The Morgan fingerprint density at radius 3 is 2.88 bits per heavy atom. The number of likely N-dealkylation sites (N-methyl/N-ethyl adjacent to an activating group) is 1. The summed E-state index contributed by atoms with van der Waals surface area (Å²) in [7, 11) is 1.69. The summed E-state index contributed by atoms with van der Waals surface area (Å²) < 4.78 is 16.0. The molecule has 0 saturated carbocycles. The number of imidazole rings is 1. The van der Waals surface area contributed by atoms with Gasteiger partial charge in [-0.2, -0.15) is 5.26 Å². The number of carbonyl (C=O) groups is 1. The molecule has 3 rings (SSSR count). The van der Waals surface area contributed by atoms with E-state index < -0.39 is 5.82 Å². The van der Waals surface area contributed by atoms with Gasteiger partial charge >= 0.3 is 0 Å². The largest absolute Gasteiger partial charge is 0.337 e. The fraction of sp³-hybridized carbons (Fsp3) is 0.353. The van der Waals surface area contributed by atoms with E-state index in [9.17, 15) is 9.18 Å². The van der Waals surface area contributed by atoms with Crippen LogP contribution in [0.4, 0.5) is 4.39 Å². The minimum Gasteiger partial charge on any atom is -0.337 e. The van der Waals surface area contributed by atoms with Gasteiger partial charge < -0.3 is 14.4 Å². The number of nitriles is 1. The summed E-state index contributed by atoms with van der Waals surface area (Å²) in [6, 6.07) is 4.41. The van der Waals surface area contributed by atoms with Gasteiger partial charge in [0, 0.05) is 31.9 Å². The molecule has 1 aliphatic heterocycles. The van der Waals surface area contributed by atoms with Gasteiger partial charge in [0.05, 0.1) is 23.8 Å². The van der Waals surface area contributed by atoms with Gasteiger partial charge in [0.1, 0.15) is 5.82 Å². The number of rotatable bonds is 3. The van der Waals surface area contributed by atoms with E-state index in [2.05, 4.69) is 11.2 Å². The third-order valence-corrected chi connectivity index (χ3v) is 4.36. The van der Waals surface area contributed by atoms with Crippen LogP contribution in [-0.4, -0.2) is 51.4 Å². The van der Waals surface area contributed by atoms with Crippen LogP contribution in [-0.2, 0) is 0 Å². The summed E-state index contributed by atoms with van der Waals surface area (Å²) in [6.45, 7) is 2.99. The Hall–Kier alpha value is -2.88. The first-order chi connectivity index (χ1) is 11.5. The monoisotopic (exact) mass is 327 g/mol. The molecule has 1 aliphatic rings. The van der Waals surface area contributed by atoms with Crippen molar-refractivity contribution in [3.8, 4) is 11.9 Å². The van der Waals surface area contributed by atoms with E-state index in [0.29, 0.717) is 24.3 Å². The molecule has 7 heteroatoms. The lowest BCUT2D eigenvalue weighted by Gasteiger charge is -2.24. The lowest BCUT2D eigenvalue weighted by Crippen LogP contribution is -2.38. The van der Waals surface area contributed by atoms with E-state index >= 15 is 0 Å². The Balaban J connectivity index is 1.79. The summed E-state index contributed by atoms with van der Waals surface area (Å²) in [5.41, 5.74) is 1.44. The van der Waals surface area contributed by atoms with E-state index in [0.717, 1.165) is 12.1 Å². The smallest absolute Gasteiger partial charge is 0.254 e. The zero-order valence-corrected chi connectivity index (χ0v) is 13.6. The first-order valence-corrected chi connectivity index (χ1v) is 7.72. The van der Waals surface area contributed by atoms with E-state index in [1.807, 2.05) is 6.92 Å². The maximum atomic E-state index is 14.4. The van der Waals surface area contributed by atoms with Crippen molar-refractivity contribution in [2.24, 2.45) is 0 Å². The van der Waals surface area contributed by atoms with Crippen LogP contribution in [0.3, 0.4) is 0 Å². The Bertz CT molecular complexity index is 810. The first-order valence-electron chi connectivity index (χ1n) is 7.72. The molecule has 2 aromatic rings. The zero-order chi connectivity index (χ0) is 17.3. The molecule has 0 radical (unpaired) electrons. The van der Waals surface area contributed by atoms with Crippen molar-refractivity contribution in [2.45, 2.75) is 19.4 Å². The van der Waals surface area contributed by atoms with Crippen LogP contribution in [0.2, 0.25) is 0 Å². The van der Waals surface area contributed by atoms with Crippen LogP contribution in [0.25, 0.3) is 5.69 Å². The molecule has 0 N–H and O–H groups in total. The van der Waals surface area contributed by atoms with Crippen LogP contribution in [0, 0.1) is 24.2 Å². The lowest BCUT2D eigenvalue weighted by atomic mass is 10.1. The van der Waals surface area contributed by atoms with Gasteiger partial charge in [-0.25, -0.2) is 9.37 Å². The minimum atomic E-state index is -0.475. The van der Waals surface area contributed by atoms with Gasteiger partial charge in [0.15, 0.2) is 6.19 Å². The molecule has 1 amide bonds. The maximum Gasteiger partial charge on any atom is 0.254 e. The Labute approximate surface area is 139 Å². The predicted molar refractivity (Wildman–Crippen MR) is 85.9 cm³/mol. The molecular weight excluding hydrogens is 309 g/mol. The molecule has 0 bridgehead atoms. The Morgan fingerprint density at radius 1 is 1.50 bits per heavy atom. The van der Waals surface area contributed by atoms with Gasteiger partial charge in [-0.15, -0.1) is 0 Å². The van der Waals surface area contributed by atoms with Crippen molar-refractivity contribution in [2.75, 3.05) is 20.1 Å². The second kappa shape index (κ2) is 6.32. The van der Waals surface area contributed by atoms with Crippen molar-refractivity contribution in [1.29, 1.82) is 5.26 Å². The molecule has 1 saturated heterocycles. The van der Waals surface area contributed by atoms with E-state index in [4.69, 9.17) is 5.26 Å². The molecule has 2 heterocycles. The van der Waals surface area contributed by atoms with Crippen LogP contribution in [0.15, 0.2) is 30.7 Å². The van der Waals surface area contributed by atoms with Gasteiger partial charge in [0.2, 0.25) is 0 Å². The highest BCUT2D eigenvalue weighted by Crippen LogP contribution is 2.19. The van der Waals surface area contributed by atoms with Crippen molar-refractivity contribution in [3.63, 3.8) is 0 Å². The molecule has 1 unspecified atom stereocenters. The highest BCUT2D eigenvalue weighted by Gasteiger charge is 2.28. The van der Waals surface area contributed by atoms with Gasteiger partial charge in [-0.1, -0.05) is 0 Å². The average molecular weight is 327 g/mol. The van der Waals surface area contributed by atoms with Crippen molar-refractivity contribution in [3.05, 3.63) is 47.8 Å². The lowest BCUT2D eigenvalue weighted by molar-refractivity contribution is 0.0738. The Kier molecular flexibility index (Phi) is 4.21. The second-order valence-corrected chi connectivity index (χ2v) is 5.99. The number of hydrogen-bond acceptors (Lipinski definition) is 4. The maximum absolute atomic E-state index is 14.4. The summed E-state index contributed by atoms with van der Waals surface area (Å²) in [5.74, 6) is -0.719. The number of amides is 1. The normalized spacial score (nSPS) is 16.9. The number of likely N-dealkylation sites (tertiary alicyclic amines) is 1. The van der Waals surface area contributed by atoms with Gasteiger partial charge in [-0.05, 0) is 31.5 Å². The van der Waals surface area contributed by atoms with Gasteiger partial charge in [0.25, 0.3) is 5.91 Å². The molecule has 124 valence electrons. The highest BCUT2D eigenvalue weighted by molar-refractivity contribution is 5.94. The third kappa shape index (κ3) is 2.95. The molecule has 0 aliphatic carbocycles. The van der Waals surface area contributed by atoms with E-state index in [1.54, 1.807) is 39.7 Å². The van der Waals surface area contributed by atoms with Crippen LogP contribution in [0.1, 0.15) is 22.5 Å². The van der Waals surface area contributed by atoms with Crippen LogP contribution in [0.5, 0.6) is 0 Å². The van der Waals surface area contributed by atoms with Crippen LogP contribution < -0.4 is 0 Å². The molecule has 1 aromatic carbocycles. The number of aromatic nitrogens is 2. The molecule has 1 atom stereocenters. The standard InChI is InChI=1S/C17H18FN5O/c1-12-8-23(11-20-12)16-4-3-13(7-15(16)18)17(24)21(2)14-5-6-22(9-14)10-19/h3-4,7-8,11,14H,5-6,9H2,1-2H3. The fourth-order valence-corrected chi connectivity index (χ4v) is 2.92. The quantitative estimate of drug-likeness (QED) is 0.808.